The van der Waals surface area contributed by atoms with Crippen molar-refractivity contribution in [2.45, 2.75) is 5.41 Å². The van der Waals surface area contributed by atoms with E-state index in [4.69, 9.17) is 6.85 Å². The van der Waals surface area contributed by atoms with Crippen LogP contribution in [0.4, 0.5) is 34.1 Å². The predicted molar refractivity (Wildman–Crippen MR) is 245 cm³/mol. The van der Waals surface area contributed by atoms with Gasteiger partial charge in [0.2, 0.25) is 0 Å². The average molecular weight is 762 g/mol. The van der Waals surface area contributed by atoms with Crippen LogP contribution < -0.4 is 9.80 Å². The molecule has 1 spiro atoms. The number of hydrogen-bond donors (Lipinski definition) is 0. The third-order valence-corrected chi connectivity index (χ3v) is 13.1. The first-order valence-electron chi connectivity index (χ1n) is 22.0. The maximum atomic E-state index is 9.15. The number of nitrogens with zero attached hydrogens (tertiary/aromatic N) is 2. The molecule has 0 saturated carbocycles. The Morgan fingerprint density at radius 2 is 0.897 bits per heavy atom. The second-order valence-electron chi connectivity index (χ2n) is 14.9. The molecule has 1 unspecified atom stereocenters. The summed E-state index contributed by atoms with van der Waals surface area (Å²) in [5.41, 5.74) is 13.0. The van der Waals surface area contributed by atoms with Gasteiger partial charge in [0.1, 0.15) is 0 Å². The van der Waals surface area contributed by atoms with Gasteiger partial charge in [0.05, 0.1) is 18.0 Å². The molecule has 58 heavy (non-hydrogen) atoms. The van der Waals surface area contributed by atoms with Gasteiger partial charge in [0.15, 0.2) is 0 Å². The average Bonchev–Trinajstić information content (AvgIpc) is 3.96. The quantitative estimate of drug-likeness (QED) is 0.166. The zero-order chi connectivity index (χ0) is 42.6. The van der Waals surface area contributed by atoms with Crippen molar-refractivity contribution in [3.63, 3.8) is 0 Å². The predicted octanol–water partition coefficient (Wildman–Crippen LogP) is 15.3. The van der Waals surface area contributed by atoms with Gasteiger partial charge in [-0.3, -0.25) is 0 Å². The highest BCUT2D eigenvalue weighted by Gasteiger charge is 2.52. The fraction of sp³-hybridized carbons (Fsp3) is 0.0182. The van der Waals surface area contributed by atoms with Gasteiger partial charge >= 0.3 is 0 Å². The lowest BCUT2D eigenvalue weighted by molar-refractivity contribution is 0.793. The molecule has 1 atom stereocenters. The van der Waals surface area contributed by atoms with Crippen molar-refractivity contribution in [1.29, 1.82) is 0 Å². The van der Waals surface area contributed by atoms with Crippen LogP contribution in [-0.4, -0.2) is 0 Å². The van der Waals surface area contributed by atoms with Crippen molar-refractivity contribution in [3.8, 4) is 22.3 Å². The lowest BCUT2D eigenvalue weighted by atomic mass is 9.70. The Bertz CT molecular complexity index is 3450. The molecule has 2 aliphatic carbocycles. The molecular weight excluding hydrogens is 721 g/mol. The fourth-order valence-corrected chi connectivity index (χ4v) is 10.8. The first-order chi connectivity index (χ1) is 30.9. The Hall–Kier alpha value is -7.20. The Morgan fingerprint density at radius 1 is 0.379 bits per heavy atom. The van der Waals surface area contributed by atoms with Gasteiger partial charge < -0.3 is 9.80 Å². The van der Waals surface area contributed by atoms with Gasteiger partial charge in [-0.05, 0) is 123 Å². The van der Waals surface area contributed by atoms with Crippen molar-refractivity contribution < 1.29 is 6.85 Å². The summed E-state index contributed by atoms with van der Waals surface area (Å²) in [6.07, 6.45) is 0. The summed E-state index contributed by atoms with van der Waals surface area (Å²) in [4.78, 5) is 4.21. The van der Waals surface area contributed by atoms with Gasteiger partial charge in [-0.15, -0.1) is 11.3 Å². The largest absolute Gasteiger partial charge is 0.310 e. The first kappa shape index (κ1) is 28.2. The molecule has 3 heteroatoms. The van der Waals surface area contributed by atoms with E-state index in [1.54, 1.807) is 0 Å². The maximum absolute atomic E-state index is 9.15. The molecule has 2 aliphatic rings. The summed E-state index contributed by atoms with van der Waals surface area (Å²) in [6.45, 7) is 0. The highest BCUT2D eigenvalue weighted by atomic mass is 32.1. The van der Waals surface area contributed by atoms with Crippen LogP contribution in [0.3, 0.4) is 0 Å². The molecule has 0 bridgehead atoms. The number of benzene rings is 9. The van der Waals surface area contributed by atoms with Gasteiger partial charge in [-0.1, -0.05) is 139 Å². The van der Waals surface area contributed by atoms with E-state index in [1.165, 1.54) is 31.3 Å². The SMILES string of the molecule is [2H]c1c([2H])c([2H])c(N(c2ccccc2)c2ccc3c(c2)C2(c4ccccc4-3)c3ccccc3-c3ccc(N(c4ccccc4)c4cccc5sc6ccccc6c45)cc32)c([2H])c1[2H]. The smallest absolute Gasteiger partial charge is 0.0727 e. The molecule has 0 amide bonds. The summed E-state index contributed by atoms with van der Waals surface area (Å²) >= 11 is 1.82. The Balaban J connectivity index is 1.15. The van der Waals surface area contributed by atoms with Crippen molar-refractivity contribution in [2.24, 2.45) is 0 Å². The van der Waals surface area contributed by atoms with E-state index >= 15 is 0 Å². The van der Waals surface area contributed by atoms with Crippen molar-refractivity contribution in [1.82, 2.24) is 0 Å². The van der Waals surface area contributed by atoms with E-state index in [9.17, 15) is 0 Å². The Labute approximate surface area is 349 Å². The third-order valence-electron chi connectivity index (χ3n) is 11.9. The van der Waals surface area contributed by atoms with E-state index in [2.05, 4.69) is 157 Å². The fourth-order valence-electron chi connectivity index (χ4n) is 9.68. The van der Waals surface area contributed by atoms with Crippen molar-refractivity contribution >= 4 is 65.6 Å². The molecule has 272 valence electrons. The van der Waals surface area contributed by atoms with E-state index in [-0.39, 0.29) is 29.9 Å². The van der Waals surface area contributed by atoms with E-state index in [0.717, 1.165) is 50.4 Å². The number of thiophene rings is 1. The highest BCUT2D eigenvalue weighted by Crippen LogP contribution is 2.64. The van der Waals surface area contributed by atoms with Gasteiger partial charge in [-0.2, -0.15) is 0 Å². The minimum absolute atomic E-state index is 0.0971. The number of para-hydroxylation sites is 3. The molecule has 1 heterocycles. The third kappa shape index (κ3) is 4.71. The van der Waals surface area contributed by atoms with Gasteiger partial charge in [0, 0.05) is 48.6 Å². The number of fused-ring (bicyclic) bond motifs is 13. The van der Waals surface area contributed by atoms with Crippen LogP contribution in [0, 0.1) is 0 Å². The Morgan fingerprint density at radius 3 is 1.55 bits per heavy atom. The lowest BCUT2D eigenvalue weighted by Gasteiger charge is -2.33. The minimum atomic E-state index is -0.754. The van der Waals surface area contributed by atoms with Crippen LogP contribution in [0.25, 0.3) is 42.4 Å². The monoisotopic (exact) mass is 761 g/mol. The molecule has 0 saturated heterocycles. The Kier molecular flexibility index (Phi) is 6.29. The molecule has 0 fully saturated rings. The maximum Gasteiger partial charge on any atom is 0.0727 e. The molecule has 0 N–H and O–H groups in total. The van der Waals surface area contributed by atoms with Crippen molar-refractivity contribution in [2.75, 3.05) is 9.80 Å². The normalized spacial score (nSPS) is 15.8. The molecule has 9 aromatic carbocycles. The molecule has 0 aliphatic heterocycles. The van der Waals surface area contributed by atoms with Crippen LogP contribution in [0.15, 0.2) is 218 Å². The van der Waals surface area contributed by atoms with Crippen LogP contribution in [0.2, 0.25) is 0 Å². The molecule has 12 rings (SSSR count). The van der Waals surface area contributed by atoms with Gasteiger partial charge in [-0.25, -0.2) is 0 Å². The summed E-state index contributed by atoms with van der Waals surface area (Å²) < 4.78 is 46.5. The summed E-state index contributed by atoms with van der Waals surface area (Å²) in [7, 11) is 0. The van der Waals surface area contributed by atoms with Gasteiger partial charge in [0.25, 0.3) is 0 Å². The summed E-state index contributed by atoms with van der Waals surface area (Å²) in [5, 5.41) is 2.45. The summed E-state index contributed by atoms with van der Waals surface area (Å²) in [6, 6.07) is 64.4. The standard InChI is InChI=1S/C55H36N2S/c1-4-17-37(18-5-1)56(38-19-6-2-7-20-38)40-31-33-44-42-23-10-13-26-47(42)55(49(44)35-40)48-27-14-11-24-43(48)45-34-32-41(36-50(45)55)57(39-21-8-3-9-22-39)51-28-16-30-53-54(51)46-25-12-15-29-52(46)58-53/h1-36H/i1D,4D,5D,17D,18D. The van der Waals surface area contributed by atoms with Crippen molar-refractivity contribution in [3.05, 3.63) is 241 Å². The minimum Gasteiger partial charge on any atom is -0.310 e. The second-order valence-corrected chi connectivity index (χ2v) is 15.9. The number of anilines is 6. The molecule has 1 aromatic heterocycles. The molecule has 2 nitrogen and oxygen atoms in total. The molecule has 0 radical (unpaired) electrons. The lowest BCUT2D eigenvalue weighted by Crippen LogP contribution is -2.26. The zero-order valence-electron chi connectivity index (χ0n) is 36.2. The van der Waals surface area contributed by atoms with Crippen LogP contribution in [-0.2, 0) is 5.41 Å². The van der Waals surface area contributed by atoms with Crippen LogP contribution in [0.1, 0.15) is 29.1 Å². The van der Waals surface area contributed by atoms with E-state index in [1.807, 2.05) is 52.6 Å². The first-order valence-corrected chi connectivity index (χ1v) is 20.3. The highest BCUT2D eigenvalue weighted by molar-refractivity contribution is 7.26. The summed E-state index contributed by atoms with van der Waals surface area (Å²) in [5.74, 6) is 0. The van der Waals surface area contributed by atoms with E-state index < -0.39 is 11.5 Å². The molecular formula is C55H36N2S. The van der Waals surface area contributed by atoms with E-state index in [0.29, 0.717) is 11.4 Å². The topological polar surface area (TPSA) is 6.48 Å². The number of rotatable bonds is 6. The second kappa shape index (κ2) is 12.9. The van der Waals surface area contributed by atoms with Crippen LogP contribution >= 0.6 is 11.3 Å². The number of hydrogen-bond acceptors (Lipinski definition) is 3. The molecule has 10 aromatic rings. The zero-order valence-corrected chi connectivity index (χ0v) is 32.0. The van der Waals surface area contributed by atoms with Crippen LogP contribution in [0.5, 0.6) is 0 Å².